The molecule has 0 spiro atoms. The van der Waals surface area contributed by atoms with E-state index in [1.165, 1.54) is 13.2 Å². The van der Waals surface area contributed by atoms with Gasteiger partial charge in [0.05, 0.1) is 6.61 Å². The molecule has 3 rings (SSSR count). The molecule has 0 aromatic carbocycles. The first-order chi connectivity index (χ1) is 16.5. The number of aromatic nitrogens is 6. The summed E-state index contributed by atoms with van der Waals surface area (Å²) in [6.45, 7) is 5.96. The molecule has 0 saturated carbocycles. The molecule has 3 aromatic rings. The van der Waals surface area contributed by atoms with E-state index in [1.807, 2.05) is 13.8 Å². The summed E-state index contributed by atoms with van der Waals surface area (Å²) >= 11 is 0. The molecular formula is C20H26F6N8O. The largest absolute Gasteiger partial charge is 0.433 e. The Bertz CT molecular complexity index is 1120. The van der Waals surface area contributed by atoms with Gasteiger partial charge in [0.1, 0.15) is 11.4 Å². The van der Waals surface area contributed by atoms with Gasteiger partial charge in [-0.3, -0.25) is 4.98 Å². The van der Waals surface area contributed by atoms with Crippen LogP contribution in [0.3, 0.4) is 0 Å². The average Bonchev–Trinajstić information content (AvgIpc) is 2.79. The van der Waals surface area contributed by atoms with Crippen LogP contribution in [0.15, 0.2) is 30.6 Å². The maximum absolute atomic E-state index is 13.0. The normalized spacial score (nSPS) is 12.4. The third kappa shape index (κ3) is 7.98. The maximum Gasteiger partial charge on any atom is 0.433 e. The second kappa shape index (κ2) is 11.7. The van der Waals surface area contributed by atoms with Crippen LogP contribution in [-0.4, -0.2) is 49.7 Å². The smallest absolute Gasteiger partial charge is 0.383 e. The number of anilines is 3. The zero-order valence-corrected chi connectivity index (χ0v) is 19.0. The lowest BCUT2D eigenvalue weighted by atomic mass is 10.3. The molecule has 0 amide bonds. The van der Waals surface area contributed by atoms with Crippen molar-refractivity contribution in [1.29, 1.82) is 0 Å². The quantitative estimate of drug-likeness (QED) is 0.401. The SMILES string of the molecule is CC.COCC(C)Nc1nc(Nc2ccnc(C(F)(F)F)c2)nc(-c2nccc(C(F)(F)F)n2)n1.[HH].[HH]. The van der Waals surface area contributed by atoms with Crippen molar-refractivity contribution < 1.29 is 33.9 Å². The van der Waals surface area contributed by atoms with E-state index in [4.69, 9.17) is 4.74 Å². The van der Waals surface area contributed by atoms with Crippen LogP contribution in [0, 0.1) is 0 Å². The highest BCUT2D eigenvalue weighted by Crippen LogP contribution is 2.30. The summed E-state index contributed by atoms with van der Waals surface area (Å²) in [6.07, 6.45) is -7.59. The first kappa shape index (κ1) is 27.6. The summed E-state index contributed by atoms with van der Waals surface area (Å²) in [5.74, 6) is -1.13. The van der Waals surface area contributed by atoms with Gasteiger partial charge < -0.3 is 15.4 Å². The molecule has 2 N–H and O–H groups in total. The Kier molecular flexibility index (Phi) is 9.22. The number of hydrogen-bond acceptors (Lipinski definition) is 9. The predicted octanol–water partition coefficient (Wildman–Crippen LogP) is 5.47. The van der Waals surface area contributed by atoms with Crippen molar-refractivity contribution in [3.05, 3.63) is 42.0 Å². The van der Waals surface area contributed by atoms with Crippen molar-refractivity contribution >= 4 is 17.6 Å². The zero-order chi connectivity index (χ0) is 26.2. The van der Waals surface area contributed by atoms with Gasteiger partial charge in [0.2, 0.25) is 17.7 Å². The van der Waals surface area contributed by atoms with Gasteiger partial charge in [-0.1, -0.05) is 13.8 Å². The summed E-state index contributed by atoms with van der Waals surface area (Å²) in [6, 6.07) is 2.32. The maximum atomic E-state index is 13.0. The first-order valence-electron chi connectivity index (χ1n) is 10.2. The molecule has 1 unspecified atom stereocenters. The van der Waals surface area contributed by atoms with Crippen LogP contribution >= 0.6 is 0 Å². The monoisotopic (exact) mass is 508 g/mol. The van der Waals surface area contributed by atoms with Gasteiger partial charge >= 0.3 is 12.4 Å². The average molecular weight is 508 g/mol. The van der Waals surface area contributed by atoms with Gasteiger partial charge in [-0.05, 0) is 25.1 Å². The van der Waals surface area contributed by atoms with Crippen molar-refractivity contribution in [3.63, 3.8) is 0 Å². The molecule has 0 aliphatic heterocycles. The summed E-state index contributed by atoms with van der Waals surface area (Å²) in [5, 5.41) is 5.43. The number of alkyl halides is 6. The van der Waals surface area contributed by atoms with Crippen LogP contribution in [0.4, 0.5) is 43.9 Å². The van der Waals surface area contributed by atoms with Crippen LogP contribution in [0.2, 0.25) is 0 Å². The van der Waals surface area contributed by atoms with E-state index in [1.54, 1.807) is 6.92 Å². The first-order valence-corrected chi connectivity index (χ1v) is 10.2. The molecule has 3 heterocycles. The van der Waals surface area contributed by atoms with Crippen molar-refractivity contribution in [2.45, 2.75) is 39.2 Å². The standard InChI is InChI=1S/C18H16F6N8O.C2H6.2H2/c1-9(8-33-2)27-15-30-14(13-26-6-4-11(29-13)17(19,20)21)31-16(32-15)28-10-3-5-25-12(7-10)18(22,23)24;1-2;;/h3-7,9H,8H2,1-2H3,(H2,25,27,28,30,31,32);1-2H3;2*1H. The molecule has 35 heavy (non-hydrogen) atoms. The molecule has 194 valence electrons. The number of pyridine rings is 1. The summed E-state index contributed by atoms with van der Waals surface area (Å²) < 4.78 is 83.0. The van der Waals surface area contributed by atoms with Crippen molar-refractivity contribution in [2.75, 3.05) is 24.4 Å². The number of methoxy groups -OCH3 is 1. The van der Waals surface area contributed by atoms with E-state index in [-0.39, 0.29) is 38.9 Å². The van der Waals surface area contributed by atoms with E-state index in [9.17, 15) is 26.3 Å². The minimum atomic E-state index is -4.73. The van der Waals surface area contributed by atoms with Crippen molar-refractivity contribution in [1.82, 2.24) is 29.9 Å². The molecular weight excluding hydrogens is 482 g/mol. The Morgan fingerprint density at radius 3 is 2.11 bits per heavy atom. The van der Waals surface area contributed by atoms with Gasteiger partial charge in [-0.2, -0.15) is 41.3 Å². The van der Waals surface area contributed by atoms with E-state index in [0.717, 1.165) is 18.5 Å². The van der Waals surface area contributed by atoms with E-state index >= 15 is 0 Å². The van der Waals surface area contributed by atoms with E-state index < -0.39 is 29.6 Å². The highest BCUT2D eigenvalue weighted by molar-refractivity contribution is 5.57. The lowest BCUT2D eigenvalue weighted by Gasteiger charge is -2.15. The number of hydrogen-bond donors (Lipinski definition) is 2. The Morgan fingerprint density at radius 1 is 0.857 bits per heavy atom. The van der Waals surface area contributed by atoms with Gasteiger partial charge in [-0.15, -0.1) is 0 Å². The van der Waals surface area contributed by atoms with Crippen LogP contribution in [0.25, 0.3) is 11.6 Å². The molecule has 0 radical (unpaired) electrons. The Labute approximate surface area is 199 Å². The van der Waals surface area contributed by atoms with Crippen LogP contribution < -0.4 is 10.6 Å². The van der Waals surface area contributed by atoms with E-state index in [2.05, 4.69) is 40.5 Å². The van der Waals surface area contributed by atoms with Gasteiger partial charge in [-0.25, -0.2) is 9.97 Å². The molecule has 0 aliphatic carbocycles. The highest BCUT2D eigenvalue weighted by Gasteiger charge is 2.34. The van der Waals surface area contributed by atoms with Crippen LogP contribution in [0.5, 0.6) is 0 Å². The Hall–Kier alpha value is -3.62. The predicted molar refractivity (Wildman–Crippen MR) is 119 cm³/mol. The summed E-state index contributed by atoms with van der Waals surface area (Å²) in [7, 11) is 1.46. The molecule has 9 nitrogen and oxygen atoms in total. The van der Waals surface area contributed by atoms with Crippen LogP contribution in [0.1, 0.15) is 35.0 Å². The van der Waals surface area contributed by atoms with E-state index in [0.29, 0.717) is 6.07 Å². The zero-order valence-electron chi connectivity index (χ0n) is 19.0. The highest BCUT2D eigenvalue weighted by atomic mass is 19.4. The molecule has 3 aromatic heterocycles. The molecule has 0 saturated heterocycles. The van der Waals surface area contributed by atoms with Gasteiger partial charge in [0.15, 0.2) is 5.82 Å². The minimum Gasteiger partial charge on any atom is -0.383 e. The third-order valence-electron chi connectivity index (χ3n) is 3.88. The Morgan fingerprint density at radius 2 is 1.49 bits per heavy atom. The molecule has 0 aliphatic rings. The topological polar surface area (TPSA) is 111 Å². The fraction of sp³-hybridized carbons (Fsp3) is 0.400. The number of rotatable bonds is 7. The van der Waals surface area contributed by atoms with Crippen molar-refractivity contribution in [2.24, 2.45) is 0 Å². The number of ether oxygens (including phenoxy) is 1. The van der Waals surface area contributed by atoms with Crippen LogP contribution in [-0.2, 0) is 17.1 Å². The van der Waals surface area contributed by atoms with Crippen molar-refractivity contribution in [3.8, 4) is 11.6 Å². The third-order valence-corrected chi connectivity index (χ3v) is 3.88. The minimum absolute atomic E-state index is 0. The van der Waals surface area contributed by atoms with Gasteiger partial charge in [0, 0.05) is 34.1 Å². The molecule has 15 heteroatoms. The summed E-state index contributed by atoms with van der Waals surface area (Å²) in [4.78, 5) is 22.5. The molecule has 1 atom stereocenters. The second-order valence-electron chi connectivity index (χ2n) is 6.62. The number of halogens is 6. The number of nitrogens with one attached hydrogen (secondary N) is 2. The molecule has 0 bridgehead atoms. The number of nitrogens with zero attached hydrogens (tertiary/aromatic N) is 6. The lowest BCUT2D eigenvalue weighted by molar-refractivity contribution is -0.141. The fourth-order valence-corrected chi connectivity index (χ4v) is 2.53. The fourth-order valence-electron chi connectivity index (χ4n) is 2.53. The summed E-state index contributed by atoms with van der Waals surface area (Å²) in [5.41, 5.74) is -2.43. The lowest BCUT2D eigenvalue weighted by Crippen LogP contribution is -2.23. The Balaban J connectivity index is 0.00000316. The second-order valence-corrected chi connectivity index (χ2v) is 6.62. The van der Waals surface area contributed by atoms with Gasteiger partial charge in [0.25, 0.3) is 0 Å². The molecule has 0 fully saturated rings.